The maximum absolute atomic E-state index is 13.8. The number of hydrogen-bond donors (Lipinski definition) is 2. The van der Waals surface area contributed by atoms with E-state index in [1.54, 1.807) is 0 Å². The summed E-state index contributed by atoms with van der Waals surface area (Å²) in [5.41, 5.74) is 6.22. The molecule has 0 saturated heterocycles. The van der Waals surface area contributed by atoms with Crippen LogP contribution in [0.5, 0.6) is 11.6 Å². The smallest absolute Gasteiger partial charge is 0.304 e. The van der Waals surface area contributed by atoms with Crippen molar-refractivity contribution in [1.82, 2.24) is 25.2 Å². The lowest BCUT2D eigenvalue weighted by Gasteiger charge is -2.08. The largest absolute Gasteiger partial charge is 0.481 e. The van der Waals surface area contributed by atoms with E-state index in [9.17, 15) is 14.4 Å². The third-order valence-corrected chi connectivity index (χ3v) is 3.84. The first kappa shape index (κ1) is 23.0. The van der Waals surface area contributed by atoms with E-state index in [4.69, 9.17) is 27.2 Å². The third-order valence-electron chi connectivity index (χ3n) is 3.63. The second-order valence-corrected chi connectivity index (χ2v) is 6.32. The zero-order chi connectivity index (χ0) is 21.0. The Morgan fingerprint density at radius 1 is 1.43 bits per heavy atom. The SMILES string of the molecule is Cl.N#Cc1cc(Oc2ncc(Cl)cc2F)ccc1-c1nnn(CC(N)CC(=O)O)n1. The zero-order valence-corrected chi connectivity index (χ0v) is 16.6. The number of nitrogens with zero attached hydrogens (tertiary/aromatic N) is 6. The summed E-state index contributed by atoms with van der Waals surface area (Å²) in [5, 5.41) is 30.1. The number of carboxylic acids is 1. The van der Waals surface area contributed by atoms with Crippen molar-refractivity contribution in [1.29, 1.82) is 5.26 Å². The topological polar surface area (TPSA) is 153 Å². The molecule has 3 N–H and O–H groups in total. The summed E-state index contributed by atoms with van der Waals surface area (Å²) in [6.07, 6.45) is 0.985. The Morgan fingerprint density at radius 3 is 2.87 bits per heavy atom. The van der Waals surface area contributed by atoms with E-state index >= 15 is 0 Å². The number of aliphatic carboxylic acids is 1. The molecular formula is C17H14Cl2FN7O3. The van der Waals surface area contributed by atoms with Gasteiger partial charge in [-0.2, -0.15) is 10.1 Å². The number of hydrogen-bond acceptors (Lipinski definition) is 8. The fourth-order valence-corrected chi connectivity index (χ4v) is 2.53. The van der Waals surface area contributed by atoms with E-state index in [-0.39, 0.29) is 53.4 Å². The molecule has 3 aromatic rings. The number of nitriles is 1. The summed E-state index contributed by atoms with van der Waals surface area (Å²) in [5.74, 6) is -1.75. The molecule has 0 radical (unpaired) electrons. The van der Waals surface area contributed by atoms with Crippen LogP contribution in [0.2, 0.25) is 5.02 Å². The average molecular weight is 454 g/mol. The second kappa shape index (κ2) is 9.93. The third kappa shape index (κ3) is 5.60. The maximum Gasteiger partial charge on any atom is 0.304 e. The van der Waals surface area contributed by atoms with Gasteiger partial charge in [-0.25, -0.2) is 9.37 Å². The van der Waals surface area contributed by atoms with Crippen LogP contribution in [-0.4, -0.2) is 42.3 Å². The number of aromatic nitrogens is 5. The van der Waals surface area contributed by atoms with Crippen molar-refractivity contribution in [3.05, 3.63) is 46.9 Å². The van der Waals surface area contributed by atoms with Crippen LogP contribution in [0.25, 0.3) is 11.4 Å². The van der Waals surface area contributed by atoms with Crippen LogP contribution in [-0.2, 0) is 11.3 Å². The minimum Gasteiger partial charge on any atom is -0.481 e. The summed E-state index contributed by atoms with van der Waals surface area (Å²) >= 11 is 5.65. The van der Waals surface area contributed by atoms with Crippen molar-refractivity contribution < 1.29 is 19.0 Å². The first-order valence-corrected chi connectivity index (χ1v) is 8.52. The number of benzene rings is 1. The van der Waals surface area contributed by atoms with E-state index in [2.05, 4.69) is 20.4 Å². The Hall–Kier alpha value is -3.33. The van der Waals surface area contributed by atoms with E-state index in [1.807, 2.05) is 6.07 Å². The second-order valence-electron chi connectivity index (χ2n) is 5.89. The number of pyridine rings is 1. The highest BCUT2D eigenvalue weighted by Gasteiger charge is 2.16. The number of nitrogens with two attached hydrogens (primary N) is 1. The van der Waals surface area contributed by atoms with E-state index in [0.29, 0.717) is 5.56 Å². The van der Waals surface area contributed by atoms with Gasteiger partial charge >= 0.3 is 5.97 Å². The minimum absolute atomic E-state index is 0. The molecule has 13 heteroatoms. The Labute approximate surface area is 180 Å². The van der Waals surface area contributed by atoms with Gasteiger partial charge in [0, 0.05) is 17.8 Å². The molecule has 3 rings (SSSR count). The van der Waals surface area contributed by atoms with Gasteiger partial charge in [0.25, 0.3) is 5.88 Å². The Balaban J connectivity index is 0.00000320. The summed E-state index contributed by atoms with van der Waals surface area (Å²) < 4.78 is 19.2. The number of tetrazole rings is 1. The first-order valence-electron chi connectivity index (χ1n) is 8.14. The lowest BCUT2D eigenvalue weighted by atomic mass is 10.1. The van der Waals surface area contributed by atoms with Crippen molar-refractivity contribution in [2.24, 2.45) is 5.73 Å². The van der Waals surface area contributed by atoms with Crippen molar-refractivity contribution in [3.8, 4) is 29.1 Å². The summed E-state index contributed by atoms with van der Waals surface area (Å²) in [4.78, 5) is 15.6. The molecule has 0 spiro atoms. The molecule has 156 valence electrons. The fraction of sp³-hybridized carbons (Fsp3) is 0.176. The molecule has 1 atom stereocenters. The van der Waals surface area contributed by atoms with Crippen LogP contribution >= 0.6 is 24.0 Å². The summed E-state index contributed by atoms with van der Waals surface area (Å²) in [6, 6.07) is 6.73. The van der Waals surface area contributed by atoms with Crippen molar-refractivity contribution in [2.75, 3.05) is 0 Å². The van der Waals surface area contributed by atoms with Gasteiger partial charge in [-0.1, -0.05) is 11.6 Å². The molecule has 1 unspecified atom stereocenters. The van der Waals surface area contributed by atoms with Crippen LogP contribution < -0.4 is 10.5 Å². The predicted octanol–water partition coefficient (Wildman–Crippen LogP) is 2.42. The predicted molar refractivity (Wildman–Crippen MR) is 105 cm³/mol. The molecular weight excluding hydrogens is 440 g/mol. The van der Waals surface area contributed by atoms with Crippen molar-refractivity contribution in [3.63, 3.8) is 0 Å². The molecule has 0 saturated carbocycles. The lowest BCUT2D eigenvalue weighted by Crippen LogP contribution is -2.30. The normalized spacial score (nSPS) is 11.3. The molecule has 0 fully saturated rings. The van der Waals surface area contributed by atoms with Gasteiger partial charge in [0.15, 0.2) is 5.82 Å². The summed E-state index contributed by atoms with van der Waals surface area (Å²) in [6.45, 7) is 0.0455. The van der Waals surface area contributed by atoms with E-state index < -0.39 is 17.8 Å². The van der Waals surface area contributed by atoms with Gasteiger partial charge < -0.3 is 15.6 Å². The zero-order valence-electron chi connectivity index (χ0n) is 15.1. The summed E-state index contributed by atoms with van der Waals surface area (Å²) in [7, 11) is 0. The Morgan fingerprint density at radius 2 is 2.20 bits per heavy atom. The van der Waals surface area contributed by atoms with Gasteiger partial charge in [-0.15, -0.1) is 22.6 Å². The molecule has 0 bridgehead atoms. The van der Waals surface area contributed by atoms with Gasteiger partial charge in [0.2, 0.25) is 5.82 Å². The van der Waals surface area contributed by atoms with Gasteiger partial charge in [-0.3, -0.25) is 4.79 Å². The molecule has 10 nitrogen and oxygen atoms in total. The van der Waals surface area contributed by atoms with E-state index in [0.717, 1.165) is 10.9 Å². The standard InChI is InChI=1S/C17H13ClFN7O3.ClH/c18-10-4-14(19)17(22-7-10)29-12-1-2-13(9(3-12)6-20)16-23-25-26(24-16)8-11(21)5-15(27)28;/h1-4,7,11H,5,8,21H2,(H,27,28);1H. The monoisotopic (exact) mass is 453 g/mol. The molecule has 30 heavy (non-hydrogen) atoms. The number of halogens is 3. The highest BCUT2D eigenvalue weighted by Crippen LogP contribution is 2.28. The fourth-order valence-electron chi connectivity index (χ4n) is 2.39. The quantitative estimate of drug-likeness (QED) is 0.548. The van der Waals surface area contributed by atoms with Gasteiger partial charge in [-0.05, 0) is 29.5 Å². The van der Waals surface area contributed by atoms with Crippen LogP contribution in [0, 0.1) is 17.1 Å². The van der Waals surface area contributed by atoms with Crippen LogP contribution in [0.15, 0.2) is 30.5 Å². The number of ether oxygens (including phenoxy) is 1. The molecule has 2 aromatic heterocycles. The number of rotatable bonds is 7. The van der Waals surface area contributed by atoms with Crippen LogP contribution in [0.4, 0.5) is 4.39 Å². The Bertz CT molecular complexity index is 1100. The number of carbonyl (C=O) groups is 1. The Kier molecular flexibility index (Phi) is 7.60. The maximum atomic E-state index is 13.8. The van der Waals surface area contributed by atoms with Crippen LogP contribution in [0.3, 0.4) is 0 Å². The van der Waals surface area contributed by atoms with Gasteiger partial charge in [0.05, 0.1) is 23.6 Å². The highest BCUT2D eigenvalue weighted by molar-refractivity contribution is 6.30. The lowest BCUT2D eigenvalue weighted by molar-refractivity contribution is -0.137. The number of carboxylic acid groups (broad SMARTS) is 1. The molecule has 0 aliphatic rings. The minimum atomic E-state index is -1.04. The molecule has 2 heterocycles. The highest BCUT2D eigenvalue weighted by atomic mass is 35.5. The van der Waals surface area contributed by atoms with E-state index in [1.165, 1.54) is 24.4 Å². The van der Waals surface area contributed by atoms with Gasteiger partial charge in [0.1, 0.15) is 11.8 Å². The molecule has 0 aliphatic heterocycles. The van der Waals surface area contributed by atoms with Crippen LogP contribution in [0.1, 0.15) is 12.0 Å². The van der Waals surface area contributed by atoms with Crippen molar-refractivity contribution in [2.45, 2.75) is 19.0 Å². The first-order chi connectivity index (χ1) is 13.9. The molecule has 0 aliphatic carbocycles. The average Bonchev–Trinajstić information content (AvgIpc) is 3.11. The molecule has 0 amide bonds. The van der Waals surface area contributed by atoms with Crippen molar-refractivity contribution >= 4 is 30.0 Å². The molecule has 1 aromatic carbocycles.